The normalized spacial score (nSPS) is 15.0. The van der Waals surface area contributed by atoms with Crippen LogP contribution in [0.15, 0.2) is 30.3 Å². The van der Waals surface area contributed by atoms with Crippen LogP contribution in [0.2, 0.25) is 0 Å². The number of morpholine rings is 1. The van der Waals surface area contributed by atoms with E-state index in [0.717, 1.165) is 35.7 Å². The van der Waals surface area contributed by atoms with Gasteiger partial charge in [0.05, 0.1) is 24.6 Å². The standard InChI is InChI=1S/C18H22FN5O/c1-21-17-10-13(11-20)18(22-15-4-2-14(19)3-5-15)16(23-17)12-24-6-8-25-9-7-24/h2-5,10-11,20,22H,6-9,12H2,1H3,(H,21,23). The van der Waals surface area contributed by atoms with Gasteiger partial charge in [0.1, 0.15) is 11.6 Å². The Morgan fingerprint density at radius 2 is 2.00 bits per heavy atom. The minimum Gasteiger partial charge on any atom is -0.379 e. The van der Waals surface area contributed by atoms with Crippen molar-refractivity contribution in [3.8, 4) is 0 Å². The molecule has 1 aliphatic rings. The molecule has 0 radical (unpaired) electrons. The first kappa shape index (κ1) is 17.3. The van der Waals surface area contributed by atoms with Crippen molar-refractivity contribution in [2.45, 2.75) is 6.54 Å². The minimum atomic E-state index is -0.282. The van der Waals surface area contributed by atoms with Gasteiger partial charge in [0.2, 0.25) is 0 Å². The van der Waals surface area contributed by atoms with Crippen molar-refractivity contribution in [2.24, 2.45) is 0 Å². The fraction of sp³-hybridized carbons (Fsp3) is 0.333. The molecule has 1 aromatic heterocycles. The molecule has 0 bridgehead atoms. The SMILES string of the molecule is CNc1cc(C=N)c(Nc2ccc(F)cc2)c(CN2CCOCC2)n1. The zero-order chi connectivity index (χ0) is 17.6. The van der Waals surface area contributed by atoms with Crippen LogP contribution in [-0.2, 0) is 11.3 Å². The van der Waals surface area contributed by atoms with Crippen molar-refractivity contribution >= 4 is 23.4 Å². The molecule has 0 saturated carbocycles. The van der Waals surface area contributed by atoms with Gasteiger partial charge in [-0.05, 0) is 30.3 Å². The maximum Gasteiger partial charge on any atom is 0.126 e. The number of hydrogen-bond donors (Lipinski definition) is 3. The topological polar surface area (TPSA) is 73.3 Å². The Bertz CT molecular complexity index is 729. The second kappa shape index (κ2) is 8.04. The summed E-state index contributed by atoms with van der Waals surface area (Å²) in [6, 6.07) is 7.98. The van der Waals surface area contributed by atoms with E-state index >= 15 is 0 Å². The van der Waals surface area contributed by atoms with E-state index in [0.29, 0.717) is 25.6 Å². The quantitative estimate of drug-likeness (QED) is 0.704. The number of rotatable bonds is 6. The average molecular weight is 343 g/mol. The molecule has 2 heterocycles. The summed E-state index contributed by atoms with van der Waals surface area (Å²) in [4.78, 5) is 6.95. The van der Waals surface area contributed by atoms with E-state index in [4.69, 9.17) is 10.1 Å². The van der Waals surface area contributed by atoms with Crippen molar-refractivity contribution in [1.29, 1.82) is 5.41 Å². The van der Waals surface area contributed by atoms with Gasteiger partial charge < -0.3 is 20.8 Å². The van der Waals surface area contributed by atoms with E-state index in [-0.39, 0.29) is 5.82 Å². The van der Waals surface area contributed by atoms with Gasteiger partial charge >= 0.3 is 0 Å². The zero-order valence-electron chi connectivity index (χ0n) is 14.2. The Morgan fingerprint density at radius 1 is 1.28 bits per heavy atom. The van der Waals surface area contributed by atoms with Crippen LogP contribution in [0.25, 0.3) is 0 Å². The molecule has 0 atom stereocenters. The summed E-state index contributed by atoms with van der Waals surface area (Å²) in [6.07, 6.45) is 1.30. The number of ether oxygens (including phenoxy) is 1. The number of nitrogens with one attached hydrogen (secondary N) is 3. The molecule has 0 amide bonds. The van der Waals surface area contributed by atoms with Crippen LogP contribution in [0.5, 0.6) is 0 Å². The molecule has 3 rings (SSSR count). The van der Waals surface area contributed by atoms with Crippen LogP contribution in [0.1, 0.15) is 11.3 Å². The predicted octanol–water partition coefficient (Wildman–Crippen LogP) is 2.84. The molecule has 25 heavy (non-hydrogen) atoms. The van der Waals surface area contributed by atoms with E-state index in [1.165, 1.54) is 18.3 Å². The molecule has 3 N–H and O–H groups in total. The fourth-order valence-corrected chi connectivity index (χ4v) is 2.77. The summed E-state index contributed by atoms with van der Waals surface area (Å²) < 4.78 is 18.6. The van der Waals surface area contributed by atoms with Gasteiger partial charge in [-0.15, -0.1) is 0 Å². The third-order valence-corrected chi connectivity index (χ3v) is 4.13. The predicted molar refractivity (Wildman–Crippen MR) is 97.4 cm³/mol. The maximum absolute atomic E-state index is 13.2. The third-order valence-electron chi connectivity index (χ3n) is 4.13. The van der Waals surface area contributed by atoms with Gasteiger partial charge in [0.25, 0.3) is 0 Å². The monoisotopic (exact) mass is 343 g/mol. The highest BCUT2D eigenvalue weighted by Crippen LogP contribution is 2.27. The van der Waals surface area contributed by atoms with E-state index < -0.39 is 0 Å². The van der Waals surface area contributed by atoms with Gasteiger partial charge in [-0.2, -0.15) is 0 Å². The fourth-order valence-electron chi connectivity index (χ4n) is 2.77. The lowest BCUT2D eigenvalue weighted by Gasteiger charge is -2.27. The van der Waals surface area contributed by atoms with Crippen molar-refractivity contribution < 1.29 is 9.13 Å². The third kappa shape index (κ3) is 4.32. The molecule has 1 saturated heterocycles. The molecule has 1 fully saturated rings. The van der Waals surface area contributed by atoms with Crippen molar-refractivity contribution in [1.82, 2.24) is 9.88 Å². The maximum atomic E-state index is 13.2. The molecule has 1 aliphatic heterocycles. The summed E-state index contributed by atoms with van der Waals surface area (Å²) in [5.41, 5.74) is 3.10. The van der Waals surface area contributed by atoms with Crippen molar-refractivity contribution in [3.05, 3.63) is 47.4 Å². The summed E-state index contributed by atoms with van der Waals surface area (Å²) >= 11 is 0. The van der Waals surface area contributed by atoms with Crippen LogP contribution in [-0.4, -0.2) is 49.4 Å². The number of aromatic nitrogens is 1. The number of anilines is 3. The Kier molecular flexibility index (Phi) is 5.57. The van der Waals surface area contributed by atoms with Crippen LogP contribution >= 0.6 is 0 Å². The molecule has 0 aliphatic carbocycles. The van der Waals surface area contributed by atoms with Gasteiger partial charge in [-0.3, -0.25) is 4.90 Å². The Hall–Kier alpha value is -2.51. The molecule has 1 aromatic carbocycles. The van der Waals surface area contributed by atoms with Gasteiger partial charge in [-0.25, -0.2) is 9.37 Å². The van der Waals surface area contributed by atoms with Gasteiger partial charge in [0, 0.05) is 44.1 Å². The van der Waals surface area contributed by atoms with Crippen molar-refractivity contribution in [2.75, 3.05) is 44.0 Å². The van der Waals surface area contributed by atoms with Gasteiger partial charge in [0.15, 0.2) is 0 Å². The molecule has 132 valence electrons. The summed E-state index contributed by atoms with van der Waals surface area (Å²) in [7, 11) is 1.81. The van der Waals surface area contributed by atoms with E-state index in [1.807, 2.05) is 13.1 Å². The Labute approximate surface area is 146 Å². The second-order valence-corrected chi connectivity index (χ2v) is 5.83. The van der Waals surface area contributed by atoms with Crippen LogP contribution in [0.3, 0.4) is 0 Å². The number of nitrogens with zero attached hydrogens (tertiary/aromatic N) is 2. The lowest BCUT2D eigenvalue weighted by molar-refractivity contribution is 0.0337. The smallest absolute Gasteiger partial charge is 0.126 e. The average Bonchev–Trinajstić information content (AvgIpc) is 2.65. The molecule has 6 nitrogen and oxygen atoms in total. The lowest BCUT2D eigenvalue weighted by atomic mass is 10.1. The molecule has 0 spiro atoms. The first-order valence-electron chi connectivity index (χ1n) is 8.24. The van der Waals surface area contributed by atoms with E-state index in [9.17, 15) is 4.39 Å². The van der Waals surface area contributed by atoms with E-state index in [2.05, 4.69) is 20.5 Å². The molecular weight excluding hydrogens is 321 g/mol. The first-order chi connectivity index (χ1) is 12.2. The number of pyridine rings is 1. The molecule has 0 unspecified atom stereocenters. The van der Waals surface area contributed by atoms with Crippen molar-refractivity contribution in [3.63, 3.8) is 0 Å². The summed E-state index contributed by atoms with van der Waals surface area (Å²) in [6.45, 7) is 3.78. The Morgan fingerprint density at radius 3 is 2.64 bits per heavy atom. The highest BCUT2D eigenvalue weighted by Gasteiger charge is 2.17. The number of hydrogen-bond acceptors (Lipinski definition) is 6. The second-order valence-electron chi connectivity index (χ2n) is 5.83. The zero-order valence-corrected chi connectivity index (χ0v) is 14.2. The van der Waals surface area contributed by atoms with Gasteiger partial charge in [-0.1, -0.05) is 0 Å². The largest absolute Gasteiger partial charge is 0.379 e. The summed E-state index contributed by atoms with van der Waals surface area (Å²) in [5, 5.41) is 14.1. The first-order valence-corrected chi connectivity index (χ1v) is 8.24. The summed E-state index contributed by atoms with van der Waals surface area (Å²) in [5.74, 6) is 0.432. The Balaban J connectivity index is 1.94. The number of benzene rings is 1. The van der Waals surface area contributed by atoms with Crippen LogP contribution < -0.4 is 10.6 Å². The highest BCUT2D eigenvalue weighted by molar-refractivity contribution is 5.89. The lowest BCUT2D eigenvalue weighted by Crippen LogP contribution is -2.36. The van der Waals surface area contributed by atoms with Crippen LogP contribution in [0.4, 0.5) is 21.6 Å². The number of halogens is 1. The minimum absolute atomic E-state index is 0.282. The highest BCUT2D eigenvalue weighted by atomic mass is 19.1. The molecule has 2 aromatic rings. The van der Waals surface area contributed by atoms with Crippen LogP contribution in [0, 0.1) is 11.2 Å². The molecule has 7 heteroatoms. The van der Waals surface area contributed by atoms with E-state index in [1.54, 1.807) is 12.1 Å². The molecular formula is C18H22FN5O.